The van der Waals surface area contributed by atoms with Crippen LogP contribution in [0.15, 0.2) is 18.3 Å². The lowest BCUT2D eigenvalue weighted by molar-refractivity contribution is 0.222. The second-order valence-electron chi connectivity index (χ2n) is 3.49. The Morgan fingerprint density at radius 3 is 2.73 bits per heavy atom. The van der Waals surface area contributed by atoms with Gasteiger partial charge in [-0.25, -0.2) is 9.78 Å². The number of halogens is 1. The maximum absolute atomic E-state index is 11.6. The SMILES string of the molecule is O=C(Nc1ccc(Cl)cn1)N1CCCC1. The normalized spacial score (nSPS) is 15.4. The standard InChI is InChI=1S/C10H12ClN3O/c11-8-3-4-9(12-7-8)13-10(15)14-5-1-2-6-14/h3-4,7H,1-2,5-6H2,(H,12,13,15). The van der Waals surface area contributed by atoms with Crippen molar-refractivity contribution in [2.45, 2.75) is 12.8 Å². The van der Waals surface area contributed by atoms with Crippen molar-refractivity contribution in [3.63, 3.8) is 0 Å². The summed E-state index contributed by atoms with van der Waals surface area (Å²) in [6.45, 7) is 1.67. The zero-order valence-corrected chi connectivity index (χ0v) is 9.00. The number of rotatable bonds is 1. The molecule has 1 aliphatic rings. The second kappa shape index (κ2) is 4.49. The second-order valence-corrected chi connectivity index (χ2v) is 3.92. The Hall–Kier alpha value is -1.29. The number of urea groups is 1. The van der Waals surface area contributed by atoms with Crippen LogP contribution in [0.5, 0.6) is 0 Å². The zero-order chi connectivity index (χ0) is 10.7. The number of hydrogen-bond acceptors (Lipinski definition) is 2. The summed E-state index contributed by atoms with van der Waals surface area (Å²) >= 11 is 5.69. The Kier molecular flexibility index (Phi) is 3.06. The van der Waals surface area contributed by atoms with E-state index < -0.39 is 0 Å². The Bertz CT molecular complexity index is 346. The van der Waals surface area contributed by atoms with Gasteiger partial charge in [0.05, 0.1) is 5.02 Å². The number of carbonyl (C=O) groups excluding carboxylic acids is 1. The van der Waals surface area contributed by atoms with Gasteiger partial charge in [-0.1, -0.05) is 11.6 Å². The number of likely N-dealkylation sites (tertiary alicyclic amines) is 1. The van der Waals surface area contributed by atoms with Gasteiger partial charge in [-0.2, -0.15) is 0 Å². The van der Waals surface area contributed by atoms with Gasteiger partial charge < -0.3 is 4.90 Å². The summed E-state index contributed by atoms with van der Waals surface area (Å²) in [5, 5.41) is 3.29. The third-order valence-corrected chi connectivity index (χ3v) is 2.58. The van der Waals surface area contributed by atoms with Crippen LogP contribution in [0, 0.1) is 0 Å². The molecule has 1 aromatic rings. The van der Waals surface area contributed by atoms with Crippen LogP contribution in [0.1, 0.15) is 12.8 Å². The summed E-state index contributed by atoms with van der Waals surface area (Å²) in [6.07, 6.45) is 3.68. The van der Waals surface area contributed by atoms with Crippen molar-refractivity contribution >= 4 is 23.4 Å². The first-order valence-corrected chi connectivity index (χ1v) is 5.31. The van der Waals surface area contributed by atoms with Crippen LogP contribution < -0.4 is 5.32 Å². The molecule has 5 heteroatoms. The molecule has 0 aliphatic carbocycles. The molecular formula is C10H12ClN3O. The van der Waals surface area contributed by atoms with E-state index in [1.165, 1.54) is 6.20 Å². The molecule has 1 fully saturated rings. The molecule has 2 rings (SSSR count). The zero-order valence-electron chi connectivity index (χ0n) is 8.24. The maximum atomic E-state index is 11.6. The van der Waals surface area contributed by atoms with Crippen molar-refractivity contribution in [3.05, 3.63) is 23.4 Å². The Morgan fingerprint density at radius 2 is 2.13 bits per heavy atom. The minimum atomic E-state index is -0.0812. The molecule has 0 atom stereocenters. The fraction of sp³-hybridized carbons (Fsp3) is 0.400. The number of amides is 2. The van der Waals surface area contributed by atoms with Crippen molar-refractivity contribution in [1.29, 1.82) is 0 Å². The van der Waals surface area contributed by atoms with E-state index >= 15 is 0 Å². The first kappa shape index (κ1) is 10.2. The van der Waals surface area contributed by atoms with Crippen LogP contribution in [0.4, 0.5) is 10.6 Å². The van der Waals surface area contributed by atoms with Crippen LogP contribution in [0.2, 0.25) is 5.02 Å². The molecule has 0 radical (unpaired) electrons. The topological polar surface area (TPSA) is 45.2 Å². The van der Waals surface area contributed by atoms with E-state index in [-0.39, 0.29) is 6.03 Å². The maximum Gasteiger partial charge on any atom is 0.323 e. The van der Waals surface area contributed by atoms with Gasteiger partial charge >= 0.3 is 6.03 Å². The molecule has 0 aromatic carbocycles. The van der Waals surface area contributed by atoms with Crippen LogP contribution in [0.3, 0.4) is 0 Å². The molecule has 2 heterocycles. The highest BCUT2D eigenvalue weighted by molar-refractivity contribution is 6.30. The van der Waals surface area contributed by atoms with Gasteiger partial charge in [0, 0.05) is 19.3 Å². The number of anilines is 1. The van der Waals surface area contributed by atoms with E-state index in [0.29, 0.717) is 10.8 Å². The third kappa shape index (κ3) is 2.59. The van der Waals surface area contributed by atoms with E-state index in [0.717, 1.165) is 25.9 Å². The number of hydrogen-bond donors (Lipinski definition) is 1. The summed E-state index contributed by atoms with van der Waals surface area (Å²) in [6, 6.07) is 3.31. The fourth-order valence-electron chi connectivity index (χ4n) is 1.56. The quantitative estimate of drug-likeness (QED) is 0.798. The minimum Gasteiger partial charge on any atom is -0.324 e. The first-order chi connectivity index (χ1) is 7.25. The monoisotopic (exact) mass is 225 g/mol. The predicted octanol–water partition coefficient (Wildman–Crippen LogP) is 2.36. The molecule has 15 heavy (non-hydrogen) atoms. The minimum absolute atomic E-state index is 0.0812. The number of pyridine rings is 1. The van der Waals surface area contributed by atoms with Gasteiger partial charge in [-0.05, 0) is 25.0 Å². The molecule has 1 saturated heterocycles. The lowest BCUT2D eigenvalue weighted by Gasteiger charge is -2.15. The van der Waals surface area contributed by atoms with Crippen LogP contribution in [-0.4, -0.2) is 29.0 Å². The van der Waals surface area contributed by atoms with Crippen molar-refractivity contribution in [2.75, 3.05) is 18.4 Å². The number of nitrogens with zero attached hydrogens (tertiary/aromatic N) is 2. The third-order valence-electron chi connectivity index (χ3n) is 2.36. The van der Waals surface area contributed by atoms with Gasteiger partial charge in [0.2, 0.25) is 0 Å². The summed E-state index contributed by atoms with van der Waals surface area (Å²) in [5.41, 5.74) is 0. The summed E-state index contributed by atoms with van der Waals surface area (Å²) in [5.74, 6) is 0.538. The lowest BCUT2D eigenvalue weighted by atomic mass is 10.4. The highest BCUT2D eigenvalue weighted by atomic mass is 35.5. The first-order valence-electron chi connectivity index (χ1n) is 4.93. The van der Waals surface area contributed by atoms with Crippen molar-refractivity contribution in [1.82, 2.24) is 9.88 Å². The lowest BCUT2D eigenvalue weighted by Crippen LogP contribution is -2.32. The molecule has 1 aliphatic heterocycles. The van der Waals surface area contributed by atoms with Crippen molar-refractivity contribution in [2.24, 2.45) is 0 Å². The Balaban J connectivity index is 1.96. The molecule has 0 saturated carbocycles. The Morgan fingerprint density at radius 1 is 1.40 bits per heavy atom. The van der Waals surface area contributed by atoms with Gasteiger partial charge in [0.25, 0.3) is 0 Å². The summed E-state index contributed by atoms with van der Waals surface area (Å²) in [7, 11) is 0. The molecule has 2 amide bonds. The van der Waals surface area contributed by atoms with E-state index in [4.69, 9.17) is 11.6 Å². The highest BCUT2D eigenvalue weighted by Gasteiger charge is 2.17. The largest absolute Gasteiger partial charge is 0.324 e. The molecule has 4 nitrogen and oxygen atoms in total. The van der Waals surface area contributed by atoms with Gasteiger partial charge in [0.1, 0.15) is 5.82 Å². The highest BCUT2D eigenvalue weighted by Crippen LogP contribution is 2.12. The molecular weight excluding hydrogens is 214 g/mol. The van der Waals surface area contributed by atoms with E-state index in [1.54, 1.807) is 17.0 Å². The molecule has 0 bridgehead atoms. The van der Waals surface area contributed by atoms with Crippen molar-refractivity contribution < 1.29 is 4.79 Å². The van der Waals surface area contributed by atoms with Gasteiger partial charge in [-0.15, -0.1) is 0 Å². The molecule has 1 N–H and O–H groups in total. The van der Waals surface area contributed by atoms with Crippen LogP contribution in [0.25, 0.3) is 0 Å². The molecule has 0 spiro atoms. The predicted molar refractivity (Wildman–Crippen MR) is 59.1 cm³/mol. The van der Waals surface area contributed by atoms with Gasteiger partial charge in [-0.3, -0.25) is 5.32 Å². The van der Waals surface area contributed by atoms with Crippen LogP contribution >= 0.6 is 11.6 Å². The summed E-state index contributed by atoms with van der Waals surface area (Å²) in [4.78, 5) is 17.4. The Labute approximate surface area is 93.2 Å². The fourth-order valence-corrected chi connectivity index (χ4v) is 1.67. The molecule has 0 unspecified atom stereocenters. The molecule has 1 aromatic heterocycles. The van der Waals surface area contributed by atoms with Gasteiger partial charge in [0.15, 0.2) is 0 Å². The van der Waals surface area contributed by atoms with E-state index in [1.807, 2.05) is 0 Å². The number of aromatic nitrogens is 1. The van der Waals surface area contributed by atoms with Crippen molar-refractivity contribution in [3.8, 4) is 0 Å². The molecule has 80 valence electrons. The average molecular weight is 226 g/mol. The average Bonchev–Trinajstić information content (AvgIpc) is 2.74. The van der Waals surface area contributed by atoms with E-state index in [9.17, 15) is 4.79 Å². The van der Waals surface area contributed by atoms with Crippen LogP contribution in [-0.2, 0) is 0 Å². The van der Waals surface area contributed by atoms with E-state index in [2.05, 4.69) is 10.3 Å². The number of nitrogens with one attached hydrogen (secondary N) is 1. The summed E-state index contributed by atoms with van der Waals surface area (Å²) < 4.78 is 0. The number of carbonyl (C=O) groups is 1. The smallest absolute Gasteiger partial charge is 0.323 e.